The van der Waals surface area contributed by atoms with E-state index in [0.717, 1.165) is 18.7 Å². The minimum absolute atomic E-state index is 0.00293. The molecule has 2 heterocycles. The average Bonchev–Trinajstić information content (AvgIpc) is 2.14. The van der Waals surface area contributed by atoms with Crippen molar-refractivity contribution < 1.29 is 4.79 Å². The first-order chi connectivity index (χ1) is 6.86. The highest BCUT2D eigenvalue weighted by Gasteiger charge is 2.23. The van der Waals surface area contributed by atoms with Crippen molar-refractivity contribution in [2.45, 2.75) is 19.0 Å². The van der Waals surface area contributed by atoms with Crippen molar-refractivity contribution in [2.75, 3.05) is 6.54 Å². The van der Waals surface area contributed by atoms with Gasteiger partial charge in [0.05, 0.1) is 18.3 Å². The maximum absolute atomic E-state index is 11.4. The number of nitrogens with one attached hydrogen (secondary N) is 2. The Hall–Kier alpha value is -1.49. The number of rotatable bonds is 3. The molecule has 0 bridgehead atoms. The van der Waals surface area contributed by atoms with Crippen molar-refractivity contribution in [3.63, 3.8) is 0 Å². The molecule has 1 atom stereocenters. The normalized spacial score (nSPS) is 19.9. The second-order valence-electron chi connectivity index (χ2n) is 3.21. The molecular weight excluding hydrogens is 180 g/mol. The minimum atomic E-state index is -0.00293. The summed E-state index contributed by atoms with van der Waals surface area (Å²) in [6.07, 6.45) is 4.06. The predicted molar refractivity (Wildman–Crippen MR) is 50.3 cm³/mol. The van der Waals surface area contributed by atoms with Crippen LogP contribution in [0.5, 0.6) is 0 Å². The lowest BCUT2D eigenvalue weighted by Gasteiger charge is -2.26. The van der Waals surface area contributed by atoms with Gasteiger partial charge < -0.3 is 10.6 Å². The number of hydrogen-bond donors (Lipinski definition) is 2. The lowest BCUT2D eigenvalue weighted by molar-refractivity contribution is -0.124. The van der Waals surface area contributed by atoms with E-state index >= 15 is 0 Å². The van der Waals surface area contributed by atoms with Crippen LogP contribution in [-0.4, -0.2) is 28.5 Å². The Labute approximate surface area is 82.0 Å². The Morgan fingerprint density at radius 1 is 1.71 bits per heavy atom. The summed E-state index contributed by atoms with van der Waals surface area (Å²) in [5, 5.41) is 5.85. The molecule has 0 spiro atoms. The molecule has 0 radical (unpaired) electrons. The van der Waals surface area contributed by atoms with E-state index in [1.54, 1.807) is 12.3 Å². The van der Waals surface area contributed by atoms with Crippen molar-refractivity contribution >= 4 is 5.91 Å². The van der Waals surface area contributed by atoms with Crippen molar-refractivity contribution in [3.8, 4) is 0 Å². The van der Waals surface area contributed by atoms with Crippen LogP contribution in [0.15, 0.2) is 18.6 Å². The van der Waals surface area contributed by atoms with Crippen molar-refractivity contribution in [1.29, 1.82) is 0 Å². The highest BCUT2D eigenvalue weighted by atomic mass is 16.2. The molecule has 5 heteroatoms. The molecule has 2 N–H and O–H groups in total. The smallest absolute Gasteiger partial charge is 0.237 e. The zero-order valence-electron chi connectivity index (χ0n) is 7.73. The van der Waals surface area contributed by atoms with Crippen LogP contribution >= 0.6 is 0 Å². The first-order valence-corrected chi connectivity index (χ1v) is 4.62. The molecule has 0 aliphatic carbocycles. The summed E-state index contributed by atoms with van der Waals surface area (Å²) >= 11 is 0. The molecule has 1 aliphatic heterocycles. The highest BCUT2D eigenvalue weighted by Crippen LogP contribution is 2.01. The first kappa shape index (κ1) is 9.08. The van der Waals surface area contributed by atoms with Gasteiger partial charge in [0.15, 0.2) is 0 Å². The summed E-state index contributed by atoms with van der Waals surface area (Å²) in [4.78, 5) is 19.2. The van der Waals surface area contributed by atoms with Crippen molar-refractivity contribution in [3.05, 3.63) is 24.3 Å². The average molecular weight is 192 g/mol. The highest BCUT2D eigenvalue weighted by molar-refractivity contribution is 5.82. The molecule has 2 rings (SSSR count). The molecule has 1 aromatic heterocycles. The summed E-state index contributed by atoms with van der Waals surface area (Å²) in [6.45, 7) is 1.41. The molecule has 1 saturated heterocycles. The number of hydrogen-bond acceptors (Lipinski definition) is 4. The monoisotopic (exact) mass is 192 g/mol. The van der Waals surface area contributed by atoms with E-state index in [2.05, 4.69) is 20.6 Å². The number of amides is 1. The number of carbonyl (C=O) groups is 1. The fraction of sp³-hybridized carbons (Fsp3) is 0.444. The Kier molecular flexibility index (Phi) is 2.69. The summed E-state index contributed by atoms with van der Waals surface area (Å²) in [5.74, 6) is 0.0508. The van der Waals surface area contributed by atoms with Gasteiger partial charge in [-0.3, -0.25) is 4.79 Å². The minimum Gasteiger partial charge on any atom is -0.349 e. The topological polar surface area (TPSA) is 66.9 Å². The van der Waals surface area contributed by atoms with E-state index in [1.807, 2.05) is 0 Å². The Balaban J connectivity index is 1.79. The van der Waals surface area contributed by atoms with E-state index in [1.165, 1.54) is 6.33 Å². The maximum atomic E-state index is 11.4. The van der Waals surface area contributed by atoms with Gasteiger partial charge in [-0.15, -0.1) is 0 Å². The van der Waals surface area contributed by atoms with Gasteiger partial charge in [0, 0.05) is 6.20 Å². The standard InChI is InChI=1S/C9H12N4O/c14-9(8-2-4-11-8)12-5-7-1-3-10-6-13-7/h1,3,6,8,11H,2,4-5H2,(H,12,14). The van der Waals surface area contributed by atoms with Crippen LogP contribution < -0.4 is 10.6 Å². The first-order valence-electron chi connectivity index (χ1n) is 4.62. The second kappa shape index (κ2) is 4.15. The summed E-state index contributed by atoms with van der Waals surface area (Å²) in [7, 11) is 0. The van der Waals surface area contributed by atoms with E-state index in [9.17, 15) is 4.79 Å². The van der Waals surface area contributed by atoms with Gasteiger partial charge in [-0.05, 0) is 19.0 Å². The van der Waals surface area contributed by atoms with Gasteiger partial charge in [0.1, 0.15) is 6.33 Å². The Morgan fingerprint density at radius 3 is 3.14 bits per heavy atom. The van der Waals surface area contributed by atoms with Crippen LogP contribution in [0, 0.1) is 0 Å². The van der Waals surface area contributed by atoms with Gasteiger partial charge in [0.25, 0.3) is 0 Å². The van der Waals surface area contributed by atoms with Gasteiger partial charge >= 0.3 is 0 Å². The second-order valence-corrected chi connectivity index (χ2v) is 3.21. The van der Waals surface area contributed by atoms with Crippen LogP contribution in [0.3, 0.4) is 0 Å². The van der Waals surface area contributed by atoms with Gasteiger partial charge in [-0.1, -0.05) is 0 Å². The number of nitrogens with zero attached hydrogens (tertiary/aromatic N) is 2. The lowest BCUT2D eigenvalue weighted by Crippen LogP contribution is -2.53. The molecule has 74 valence electrons. The third kappa shape index (κ3) is 2.05. The fourth-order valence-corrected chi connectivity index (χ4v) is 1.24. The summed E-state index contributed by atoms with van der Waals surface area (Å²) in [5.41, 5.74) is 0.827. The number of aromatic nitrogens is 2. The molecule has 1 fully saturated rings. The molecule has 0 saturated carbocycles. The van der Waals surface area contributed by atoms with Crippen LogP contribution in [0.2, 0.25) is 0 Å². The quantitative estimate of drug-likeness (QED) is 0.674. The predicted octanol–water partition coefficient (Wildman–Crippen LogP) is -0.545. The Bertz CT molecular complexity index is 310. The van der Waals surface area contributed by atoms with E-state index in [0.29, 0.717) is 6.54 Å². The van der Waals surface area contributed by atoms with Gasteiger partial charge in [0.2, 0.25) is 5.91 Å². The lowest BCUT2D eigenvalue weighted by atomic mass is 10.1. The molecular formula is C9H12N4O. The van der Waals surface area contributed by atoms with Gasteiger partial charge in [-0.25, -0.2) is 9.97 Å². The van der Waals surface area contributed by atoms with Crippen LogP contribution in [0.1, 0.15) is 12.1 Å². The van der Waals surface area contributed by atoms with E-state index in [4.69, 9.17) is 0 Å². The summed E-state index contributed by atoms with van der Waals surface area (Å²) < 4.78 is 0. The third-order valence-electron chi connectivity index (χ3n) is 2.23. The summed E-state index contributed by atoms with van der Waals surface area (Å²) in [6, 6.07) is 1.78. The molecule has 1 amide bonds. The molecule has 1 unspecified atom stereocenters. The largest absolute Gasteiger partial charge is 0.349 e. The molecule has 14 heavy (non-hydrogen) atoms. The zero-order valence-corrected chi connectivity index (χ0v) is 7.73. The third-order valence-corrected chi connectivity index (χ3v) is 2.23. The Morgan fingerprint density at radius 2 is 2.57 bits per heavy atom. The van der Waals surface area contributed by atoms with Crippen LogP contribution in [-0.2, 0) is 11.3 Å². The van der Waals surface area contributed by atoms with Crippen molar-refractivity contribution in [1.82, 2.24) is 20.6 Å². The number of carbonyl (C=O) groups excluding carboxylic acids is 1. The van der Waals surface area contributed by atoms with Crippen LogP contribution in [0.25, 0.3) is 0 Å². The van der Waals surface area contributed by atoms with E-state index in [-0.39, 0.29) is 11.9 Å². The van der Waals surface area contributed by atoms with E-state index < -0.39 is 0 Å². The fourth-order valence-electron chi connectivity index (χ4n) is 1.24. The molecule has 0 aromatic carbocycles. The van der Waals surface area contributed by atoms with Crippen LogP contribution in [0.4, 0.5) is 0 Å². The molecule has 1 aromatic rings. The van der Waals surface area contributed by atoms with Crippen molar-refractivity contribution in [2.24, 2.45) is 0 Å². The van der Waals surface area contributed by atoms with Gasteiger partial charge in [-0.2, -0.15) is 0 Å². The maximum Gasteiger partial charge on any atom is 0.237 e. The zero-order chi connectivity index (χ0) is 9.80. The molecule has 5 nitrogen and oxygen atoms in total. The molecule has 1 aliphatic rings. The SMILES string of the molecule is O=C(NCc1ccncn1)C1CCN1.